The summed E-state index contributed by atoms with van der Waals surface area (Å²) >= 11 is 0. The lowest BCUT2D eigenvalue weighted by Crippen LogP contribution is -2.02. The van der Waals surface area contributed by atoms with Crippen molar-refractivity contribution in [2.45, 2.75) is 13.5 Å². The third kappa shape index (κ3) is 2.13. The molecule has 90 valence electrons. The number of oxazole rings is 1. The monoisotopic (exact) mass is 241 g/mol. The Labute approximate surface area is 103 Å². The van der Waals surface area contributed by atoms with Crippen LogP contribution in [-0.4, -0.2) is 19.9 Å². The number of nitrogens with one attached hydrogen (secondary N) is 1. The lowest BCUT2D eigenvalue weighted by atomic mass is 10.4. The number of hydrogen-bond acceptors (Lipinski definition) is 6. The van der Waals surface area contributed by atoms with Gasteiger partial charge in [-0.15, -0.1) is 0 Å². The summed E-state index contributed by atoms with van der Waals surface area (Å²) in [6.07, 6.45) is 4.96. The van der Waals surface area contributed by atoms with Crippen molar-refractivity contribution >= 4 is 17.0 Å². The molecule has 0 aliphatic carbocycles. The van der Waals surface area contributed by atoms with Crippen LogP contribution < -0.4 is 5.32 Å². The van der Waals surface area contributed by atoms with E-state index in [1.807, 2.05) is 19.1 Å². The van der Waals surface area contributed by atoms with E-state index >= 15 is 0 Å². The van der Waals surface area contributed by atoms with Gasteiger partial charge in [0.15, 0.2) is 5.65 Å². The largest absolute Gasteiger partial charge is 0.444 e. The van der Waals surface area contributed by atoms with Gasteiger partial charge >= 0.3 is 0 Å². The molecule has 0 bridgehead atoms. The van der Waals surface area contributed by atoms with E-state index in [9.17, 15) is 0 Å². The van der Waals surface area contributed by atoms with Crippen molar-refractivity contribution in [3.8, 4) is 0 Å². The van der Waals surface area contributed by atoms with Gasteiger partial charge in [0.1, 0.15) is 17.1 Å². The normalized spacial score (nSPS) is 10.7. The second-order valence-electron chi connectivity index (χ2n) is 3.81. The van der Waals surface area contributed by atoms with Crippen LogP contribution in [0.3, 0.4) is 0 Å². The molecule has 0 aliphatic rings. The summed E-state index contributed by atoms with van der Waals surface area (Å²) in [5.74, 6) is 2.15. The second-order valence-corrected chi connectivity index (χ2v) is 3.81. The van der Waals surface area contributed by atoms with Crippen LogP contribution >= 0.6 is 0 Å². The predicted octanol–water partition coefficient (Wildman–Crippen LogP) is 1.93. The van der Waals surface area contributed by atoms with E-state index in [4.69, 9.17) is 4.42 Å². The Kier molecular flexibility index (Phi) is 2.60. The first-order chi connectivity index (χ1) is 8.81. The van der Waals surface area contributed by atoms with Crippen molar-refractivity contribution in [3.63, 3.8) is 0 Å². The first kappa shape index (κ1) is 10.6. The predicted molar refractivity (Wildman–Crippen MR) is 65.9 cm³/mol. The highest BCUT2D eigenvalue weighted by molar-refractivity contribution is 5.71. The average molecular weight is 241 g/mol. The van der Waals surface area contributed by atoms with Gasteiger partial charge in [0, 0.05) is 12.4 Å². The minimum atomic E-state index is 0.493. The van der Waals surface area contributed by atoms with Gasteiger partial charge in [-0.05, 0) is 19.1 Å². The lowest BCUT2D eigenvalue weighted by molar-refractivity contribution is 0.479. The Hall–Kier alpha value is -2.50. The fourth-order valence-corrected chi connectivity index (χ4v) is 1.60. The van der Waals surface area contributed by atoms with Crippen LogP contribution in [0.4, 0.5) is 5.82 Å². The molecule has 0 saturated heterocycles. The van der Waals surface area contributed by atoms with Crippen LogP contribution in [-0.2, 0) is 6.54 Å². The van der Waals surface area contributed by atoms with Crippen LogP contribution in [0.25, 0.3) is 11.2 Å². The molecule has 1 N–H and O–H groups in total. The zero-order valence-corrected chi connectivity index (χ0v) is 9.79. The van der Waals surface area contributed by atoms with E-state index in [1.54, 1.807) is 18.6 Å². The van der Waals surface area contributed by atoms with Crippen molar-refractivity contribution in [1.29, 1.82) is 0 Å². The van der Waals surface area contributed by atoms with Gasteiger partial charge in [0.05, 0.1) is 12.7 Å². The molecule has 0 aliphatic heterocycles. The van der Waals surface area contributed by atoms with Crippen LogP contribution in [0.1, 0.15) is 11.7 Å². The van der Waals surface area contributed by atoms with Gasteiger partial charge in [-0.3, -0.25) is 4.98 Å². The highest BCUT2D eigenvalue weighted by atomic mass is 16.4. The van der Waals surface area contributed by atoms with Crippen LogP contribution in [0.15, 0.2) is 35.1 Å². The highest BCUT2D eigenvalue weighted by Crippen LogP contribution is 2.11. The third-order valence-corrected chi connectivity index (χ3v) is 2.42. The molecule has 0 radical (unpaired) electrons. The first-order valence-electron chi connectivity index (χ1n) is 5.54. The van der Waals surface area contributed by atoms with Gasteiger partial charge in [0.2, 0.25) is 5.89 Å². The molecule has 0 amide bonds. The zero-order chi connectivity index (χ0) is 12.4. The van der Waals surface area contributed by atoms with Gasteiger partial charge < -0.3 is 9.73 Å². The van der Waals surface area contributed by atoms with E-state index in [-0.39, 0.29) is 0 Å². The topological polar surface area (TPSA) is 76.7 Å². The molecule has 3 aromatic rings. The minimum Gasteiger partial charge on any atom is -0.444 e. The van der Waals surface area contributed by atoms with E-state index in [1.165, 1.54) is 0 Å². The van der Waals surface area contributed by atoms with Crippen molar-refractivity contribution in [1.82, 2.24) is 19.9 Å². The molecule has 3 rings (SSSR count). The van der Waals surface area contributed by atoms with Crippen molar-refractivity contribution < 1.29 is 4.42 Å². The third-order valence-electron chi connectivity index (χ3n) is 2.42. The Morgan fingerprint density at radius 3 is 2.89 bits per heavy atom. The molecular formula is C12H11N5O. The van der Waals surface area contributed by atoms with Crippen LogP contribution in [0.2, 0.25) is 0 Å². The molecule has 6 nitrogen and oxygen atoms in total. The summed E-state index contributed by atoms with van der Waals surface area (Å²) < 4.78 is 5.36. The van der Waals surface area contributed by atoms with Gasteiger partial charge in [-0.2, -0.15) is 0 Å². The smallest absolute Gasteiger partial charge is 0.213 e. The van der Waals surface area contributed by atoms with E-state index in [0.29, 0.717) is 18.1 Å². The summed E-state index contributed by atoms with van der Waals surface area (Å²) in [5, 5.41) is 3.13. The fraction of sp³-hybridized carbons (Fsp3) is 0.167. The molecule has 0 saturated carbocycles. The van der Waals surface area contributed by atoms with Crippen molar-refractivity contribution in [3.05, 3.63) is 42.4 Å². The summed E-state index contributed by atoms with van der Waals surface area (Å²) in [4.78, 5) is 16.8. The Bertz CT molecular complexity index is 679. The summed E-state index contributed by atoms with van der Waals surface area (Å²) in [6.45, 7) is 2.35. The number of aryl methyl sites for hydroxylation is 1. The number of hydrogen-bond donors (Lipinski definition) is 1. The minimum absolute atomic E-state index is 0.493. The number of pyridine rings is 1. The Balaban J connectivity index is 1.78. The zero-order valence-electron chi connectivity index (χ0n) is 9.79. The van der Waals surface area contributed by atoms with E-state index in [0.717, 1.165) is 17.1 Å². The van der Waals surface area contributed by atoms with Gasteiger partial charge in [-0.25, -0.2) is 15.0 Å². The lowest BCUT2D eigenvalue weighted by Gasteiger charge is -2.03. The quantitative estimate of drug-likeness (QED) is 0.755. The molecule has 0 unspecified atom stereocenters. The Morgan fingerprint density at radius 1 is 1.17 bits per heavy atom. The standard InChI is InChI=1S/C12H11N5O/c1-8-6-16-11(18-8)7-15-10-3-2-9-12(17-10)14-5-4-13-9/h2-6H,7H2,1H3,(H,14,15,17). The van der Waals surface area contributed by atoms with E-state index in [2.05, 4.69) is 25.3 Å². The molecule has 0 atom stereocenters. The SMILES string of the molecule is Cc1cnc(CNc2ccc3nccnc3n2)o1. The number of fused-ring (bicyclic) bond motifs is 1. The Morgan fingerprint density at radius 2 is 2.06 bits per heavy atom. The molecule has 3 heterocycles. The summed E-state index contributed by atoms with van der Waals surface area (Å²) in [5.41, 5.74) is 1.39. The molecule has 0 aromatic carbocycles. The number of aromatic nitrogens is 4. The molecule has 6 heteroatoms. The van der Waals surface area contributed by atoms with Gasteiger partial charge in [0.25, 0.3) is 0 Å². The summed E-state index contributed by atoms with van der Waals surface area (Å²) in [6, 6.07) is 3.73. The van der Waals surface area contributed by atoms with Crippen molar-refractivity contribution in [2.24, 2.45) is 0 Å². The fourth-order valence-electron chi connectivity index (χ4n) is 1.60. The molecule has 3 aromatic heterocycles. The van der Waals surface area contributed by atoms with Crippen molar-refractivity contribution in [2.75, 3.05) is 5.32 Å². The number of nitrogens with zero attached hydrogens (tertiary/aromatic N) is 4. The first-order valence-corrected chi connectivity index (χ1v) is 5.54. The molecule has 0 fully saturated rings. The maximum atomic E-state index is 5.36. The van der Waals surface area contributed by atoms with Gasteiger partial charge in [-0.1, -0.05) is 0 Å². The molecule has 0 spiro atoms. The summed E-state index contributed by atoms with van der Waals surface area (Å²) in [7, 11) is 0. The average Bonchev–Trinajstić information content (AvgIpc) is 2.82. The number of rotatable bonds is 3. The molecular weight excluding hydrogens is 230 g/mol. The highest BCUT2D eigenvalue weighted by Gasteiger charge is 2.02. The van der Waals surface area contributed by atoms with E-state index < -0.39 is 0 Å². The van der Waals surface area contributed by atoms with Crippen LogP contribution in [0, 0.1) is 6.92 Å². The maximum absolute atomic E-state index is 5.36. The number of anilines is 1. The molecule has 18 heavy (non-hydrogen) atoms. The maximum Gasteiger partial charge on any atom is 0.213 e. The second kappa shape index (κ2) is 4.40. The van der Waals surface area contributed by atoms with Crippen LogP contribution in [0.5, 0.6) is 0 Å².